The maximum absolute atomic E-state index is 12.9. The number of anilines is 1. The molecule has 2 N–H and O–H groups in total. The van der Waals surface area contributed by atoms with Crippen LogP contribution < -0.4 is 10.6 Å². The van der Waals surface area contributed by atoms with Crippen LogP contribution in [-0.2, 0) is 13.1 Å². The minimum atomic E-state index is -0.335. The molecule has 4 rings (SSSR count). The molecule has 160 valence electrons. The van der Waals surface area contributed by atoms with Crippen LogP contribution in [-0.4, -0.2) is 39.7 Å². The van der Waals surface area contributed by atoms with Gasteiger partial charge in [-0.2, -0.15) is 5.10 Å². The molecule has 3 amide bonds. The van der Waals surface area contributed by atoms with Gasteiger partial charge in [-0.25, -0.2) is 4.79 Å². The lowest BCUT2D eigenvalue weighted by Gasteiger charge is -2.19. The number of rotatable bonds is 6. The van der Waals surface area contributed by atoms with Crippen LogP contribution in [0.15, 0.2) is 60.9 Å². The summed E-state index contributed by atoms with van der Waals surface area (Å²) in [5, 5.41) is 10.1. The summed E-state index contributed by atoms with van der Waals surface area (Å²) in [4.78, 5) is 27.5. The summed E-state index contributed by atoms with van der Waals surface area (Å²) < 4.78 is 1.85. The number of carbonyl (C=O) groups is 2. The molecule has 0 aliphatic carbocycles. The third-order valence-corrected chi connectivity index (χ3v) is 5.58. The highest BCUT2D eigenvalue weighted by atomic mass is 16.2. The number of benzene rings is 2. The molecule has 0 radical (unpaired) electrons. The van der Waals surface area contributed by atoms with Crippen molar-refractivity contribution in [3.8, 4) is 0 Å². The van der Waals surface area contributed by atoms with Gasteiger partial charge in [0.25, 0.3) is 5.91 Å². The van der Waals surface area contributed by atoms with Gasteiger partial charge in [0, 0.05) is 32.0 Å². The van der Waals surface area contributed by atoms with Gasteiger partial charge in [-0.3, -0.25) is 9.48 Å². The Labute approximate surface area is 182 Å². The molecule has 0 saturated carbocycles. The number of nitrogens with zero attached hydrogens (tertiary/aromatic N) is 3. The highest BCUT2D eigenvalue weighted by Crippen LogP contribution is 2.24. The maximum Gasteiger partial charge on any atom is 0.319 e. The van der Waals surface area contributed by atoms with Gasteiger partial charge >= 0.3 is 6.03 Å². The highest BCUT2D eigenvalue weighted by molar-refractivity contribution is 6.04. The minimum Gasteiger partial charge on any atom is -0.339 e. The van der Waals surface area contributed by atoms with E-state index in [1.54, 1.807) is 12.3 Å². The van der Waals surface area contributed by atoms with Crippen molar-refractivity contribution >= 4 is 17.6 Å². The molecule has 31 heavy (non-hydrogen) atoms. The van der Waals surface area contributed by atoms with Crippen molar-refractivity contribution in [3.63, 3.8) is 0 Å². The van der Waals surface area contributed by atoms with Gasteiger partial charge < -0.3 is 15.5 Å². The van der Waals surface area contributed by atoms with Crippen LogP contribution in [0, 0.1) is 6.92 Å². The van der Waals surface area contributed by atoms with Gasteiger partial charge in [0.1, 0.15) is 0 Å². The van der Waals surface area contributed by atoms with Crippen molar-refractivity contribution in [2.24, 2.45) is 0 Å². The van der Waals surface area contributed by atoms with E-state index in [1.807, 2.05) is 65.2 Å². The van der Waals surface area contributed by atoms with Crippen molar-refractivity contribution < 1.29 is 9.59 Å². The third-order valence-electron chi connectivity index (χ3n) is 5.58. The number of urea groups is 1. The number of para-hydroxylation sites is 1. The lowest BCUT2D eigenvalue weighted by molar-refractivity contribution is 0.0793. The Morgan fingerprint density at radius 1 is 1.00 bits per heavy atom. The van der Waals surface area contributed by atoms with E-state index in [1.165, 1.54) is 0 Å². The number of likely N-dealkylation sites (tertiary alicyclic amines) is 1. The fraction of sp³-hybridized carbons (Fsp3) is 0.292. The molecular weight excluding hydrogens is 390 g/mol. The third kappa shape index (κ3) is 4.94. The van der Waals surface area contributed by atoms with E-state index in [4.69, 9.17) is 0 Å². The van der Waals surface area contributed by atoms with Gasteiger partial charge in [0.15, 0.2) is 0 Å². The first kappa shape index (κ1) is 20.7. The van der Waals surface area contributed by atoms with Gasteiger partial charge in [0.2, 0.25) is 0 Å². The van der Waals surface area contributed by atoms with E-state index in [0.717, 1.165) is 42.6 Å². The monoisotopic (exact) mass is 417 g/mol. The lowest BCUT2D eigenvalue weighted by atomic mass is 10.1. The number of hydrogen-bond donors (Lipinski definition) is 2. The second-order valence-corrected chi connectivity index (χ2v) is 7.78. The van der Waals surface area contributed by atoms with Crippen LogP contribution in [0.3, 0.4) is 0 Å². The number of aromatic nitrogens is 2. The summed E-state index contributed by atoms with van der Waals surface area (Å²) in [5.41, 5.74) is 4.08. The molecule has 1 aromatic heterocycles. The first-order valence-corrected chi connectivity index (χ1v) is 10.6. The van der Waals surface area contributed by atoms with Crippen LogP contribution >= 0.6 is 0 Å². The maximum atomic E-state index is 12.9. The molecule has 1 aliphatic heterocycles. The number of amides is 3. The summed E-state index contributed by atoms with van der Waals surface area (Å²) in [6.07, 6.45) is 5.71. The first-order valence-electron chi connectivity index (χ1n) is 10.6. The highest BCUT2D eigenvalue weighted by Gasteiger charge is 2.23. The van der Waals surface area contributed by atoms with Gasteiger partial charge in [-0.1, -0.05) is 36.4 Å². The zero-order valence-electron chi connectivity index (χ0n) is 17.7. The summed E-state index contributed by atoms with van der Waals surface area (Å²) in [6.45, 7) is 4.45. The standard InChI is InChI=1S/C24H27N5O2/c1-18-8-6-11-21(23(30)28-13-4-5-14-28)22(18)27-24(31)25-16-19-9-2-3-10-20(19)17-29-15-7-12-26-29/h2-3,6-12,15H,4-5,13-14,16-17H2,1H3,(H2,25,27,31). The second kappa shape index (κ2) is 9.47. The molecule has 0 atom stereocenters. The van der Waals surface area contributed by atoms with Crippen molar-refractivity contribution in [1.82, 2.24) is 20.0 Å². The molecule has 1 fully saturated rings. The molecule has 7 nitrogen and oxygen atoms in total. The van der Waals surface area contributed by atoms with E-state index in [9.17, 15) is 9.59 Å². The minimum absolute atomic E-state index is 0.0268. The lowest BCUT2D eigenvalue weighted by Crippen LogP contribution is -2.32. The fourth-order valence-corrected chi connectivity index (χ4v) is 3.89. The number of hydrogen-bond acceptors (Lipinski definition) is 3. The molecule has 0 unspecified atom stereocenters. The fourth-order valence-electron chi connectivity index (χ4n) is 3.89. The molecule has 1 saturated heterocycles. The van der Waals surface area contributed by atoms with E-state index < -0.39 is 0 Å². The number of carbonyl (C=O) groups excluding carboxylic acids is 2. The van der Waals surface area contributed by atoms with Gasteiger partial charge in [-0.05, 0) is 48.6 Å². The Morgan fingerprint density at radius 3 is 2.52 bits per heavy atom. The Bertz CT molecular complexity index is 1060. The topological polar surface area (TPSA) is 79.3 Å². The zero-order valence-corrected chi connectivity index (χ0v) is 17.7. The Hall–Kier alpha value is -3.61. The molecule has 1 aliphatic rings. The predicted octanol–water partition coefficient (Wildman–Crippen LogP) is 3.80. The first-order chi connectivity index (χ1) is 15.1. The Kier molecular flexibility index (Phi) is 6.31. The summed E-state index contributed by atoms with van der Waals surface area (Å²) in [6, 6.07) is 15.0. The smallest absolute Gasteiger partial charge is 0.319 e. The van der Waals surface area contributed by atoms with Crippen molar-refractivity contribution in [2.75, 3.05) is 18.4 Å². The Morgan fingerprint density at radius 2 is 1.77 bits per heavy atom. The van der Waals surface area contributed by atoms with E-state index in [-0.39, 0.29) is 11.9 Å². The van der Waals surface area contributed by atoms with Gasteiger partial charge in [0.05, 0.1) is 17.8 Å². The van der Waals surface area contributed by atoms with Crippen LogP contribution in [0.2, 0.25) is 0 Å². The van der Waals surface area contributed by atoms with E-state index in [2.05, 4.69) is 15.7 Å². The predicted molar refractivity (Wildman–Crippen MR) is 120 cm³/mol. The molecular formula is C24H27N5O2. The molecule has 2 aromatic carbocycles. The molecule has 0 bridgehead atoms. The number of nitrogens with one attached hydrogen (secondary N) is 2. The quantitative estimate of drug-likeness (QED) is 0.640. The summed E-state index contributed by atoms with van der Waals surface area (Å²) >= 11 is 0. The SMILES string of the molecule is Cc1cccc(C(=O)N2CCCC2)c1NC(=O)NCc1ccccc1Cn1cccn1. The van der Waals surface area contributed by atoms with Crippen molar-refractivity contribution in [3.05, 3.63) is 83.2 Å². The molecule has 0 spiro atoms. The molecule has 2 heterocycles. The summed E-state index contributed by atoms with van der Waals surface area (Å²) in [7, 11) is 0. The van der Waals surface area contributed by atoms with E-state index >= 15 is 0 Å². The average molecular weight is 418 g/mol. The normalized spacial score (nSPS) is 13.3. The van der Waals surface area contributed by atoms with Crippen LogP contribution in [0.4, 0.5) is 10.5 Å². The molecule has 3 aromatic rings. The van der Waals surface area contributed by atoms with E-state index in [0.29, 0.717) is 24.3 Å². The summed E-state index contributed by atoms with van der Waals surface area (Å²) in [5.74, 6) is -0.0268. The molecule has 7 heteroatoms. The van der Waals surface area contributed by atoms with Crippen LogP contribution in [0.1, 0.15) is 39.9 Å². The Balaban J connectivity index is 1.44. The average Bonchev–Trinajstić information content (AvgIpc) is 3.48. The second-order valence-electron chi connectivity index (χ2n) is 7.78. The largest absolute Gasteiger partial charge is 0.339 e. The van der Waals surface area contributed by atoms with Gasteiger partial charge in [-0.15, -0.1) is 0 Å². The van der Waals surface area contributed by atoms with Crippen LogP contribution in [0.5, 0.6) is 0 Å². The van der Waals surface area contributed by atoms with Crippen molar-refractivity contribution in [2.45, 2.75) is 32.9 Å². The van der Waals surface area contributed by atoms with Crippen LogP contribution in [0.25, 0.3) is 0 Å². The van der Waals surface area contributed by atoms with Crippen molar-refractivity contribution in [1.29, 1.82) is 0 Å². The zero-order chi connectivity index (χ0) is 21.6. The number of aryl methyl sites for hydroxylation is 1.